The monoisotopic (exact) mass is 436 g/mol. The first-order chi connectivity index (χ1) is 12.0. The number of nitrogens with one attached hydrogen (secondary N) is 2. The lowest BCUT2D eigenvalue weighted by Gasteiger charge is -2.19. The number of aromatic amines is 1. The van der Waals surface area contributed by atoms with Gasteiger partial charge in [-0.2, -0.15) is 5.10 Å². The van der Waals surface area contributed by atoms with Gasteiger partial charge in [-0.05, 0) is 55.2 Å². The van der Waals surface area contributed by atoms with Crippen molar-refractivity contribution in [3.8, 4) is 10.7 Å². The second-order valence-electron chi connectivity index (χ2n) is 5.66. The molecule has 0 saturated carbocycles. The molecule has 0 fully saturated rings. The number of hydrogen-bond acceptors (Lipinski definition) is 4. The summed E-state index contributed by atoms with van der Waals surface area (Å²) < 4.78 is 3.17. The first-order valence-corrected chi connectivity index (χ1v) is 9.82. The topological polar surface area (TPSA) is 62.7 Å². The highest BCUT2D eigenvalue weighted by Gasteiger charge is 2.22. The fourth-order valence-corrected chi connectivity index (χ4v) is 3.97. The van der Waals surface area contributed by atoms with Gasteiger partial charge < -0.3 is 5.32 Å². The van der Waals surface area contributed by atoms with Gasteiger partial charge in [0.25, 0.3) is 0 Å². The zero-order chi connectivity index (χ0) is 18.0. The van der Waals surface area contributed by atoms with Crippen LogP contribution in [0.1, 0.15) is 31.5 Å². The lowest BCUT2D eigenvalue weighted by molar-refractivity contribution is -0.124. The Balaban J connectivity index is 1.82. The van der Waals surface area contributed by atoms with Crippen molar-refractivity contribution in [2.24, 2.45) is 0 Å². The Morgan fingerprint density at radius 2 is 2.16 bits per heavy atom. The van der Waals surface area contributed by atoms with Crippen LogP contribution in [0.5, 0.6) is 0 Å². The van der Waals surface area contributed by atoms with E-state index in [0.29, 0.717) is 10.6 Å². The summed E-state index contributed by atoms with van der Waals surface area (Å²) in [5, 5.41) is 12.1. The average molecular weight is 437 g/mol. The van der Waals surface area contributed by atoms with Gasteiger partial charge in [0.1, 0.15) is 6.04 Å². The summed E-state index contributed by atoms with van der Waals surface area (Å²) in [6.07, 6.45) is 0. The summed E-state index contributed by atoms with van der Waals surface area (Å²) in [4.78, 5) is 13.7. The van der Waals surface area contributed by atoms with E-state index in [4.69, 9.17) is 12.2 Å². The highest BCUT2D eigenvalue weighted by Crippen LogP contribution is 2.26. The Kier molecular flexibility index (Phi) is 5.51. The number of hydrogen-bond donors (Lipinski definition) is 2. The lowest BCUT2D eigenvalue weighted by atomic mass is 10.1. The number of rotatable bonds is 5. The Bertz CT molecular complexity index is 932. The van der Waals surface area contributed by atoms with E-state index in [9.17, 15) is 4.79 Å². The Labute approximate surface area is 163 Å². The summed E-state index contributed by atoms with van der Waals surface area (Å²) in [6, 6.07) is 11.2. The van der Waals surface area contributed by atoms with Crippen molar-refractivity contribution in [1.29, 1.82) is 0 Å². The normalized spacial score (nSPS) is 13.4. The average Bonchev–Trinajstić information content (AvgIpc) is 3.23. The van der Waals surface area contributed by atoms with Gasteiger partial charge in [0, 0.05) is 4.47 Å². The Hall–Kier alpha value is -1.77. The van der Waals surface area contributed by atoms with E-state index in [1.54, 1.807) is 15.9 Å². The molecule has 0 radical (unpaired) electrons. The molecule has 2 atom stereocenters. The van der Waals surface area contributed by atoms with Gasteiger partial charge in [-0.1, -0.05) is 34.1 Å². The number of amides is 1. The highest BCUT2D eigenvalue weighted by molar-refractivity contribution is 9.10. The molecular weight excluding hydrogens is 420 g/mol. The summed E-state index contributed by atoms with van der Waals surface area (Å²) in [7, 11) is 0. The summed E-state index contributed by atoms with van der Waals surface area (Å²) in [6.45, 7) is 3.78. The van der Waals surface area contributed by atoms with E-state index < -0.39 is 6.04 Å². The van der Waals surface area contributed by atoms with Crippen LogP contribution >= 0.6 is 39.5 Å². The van der Waals surface area contributed by atoms with Crippen molar-refractivity contribution in [2.75, 3.05) is 0 Å². The third-order valence-corrected chi connectivity index (χ3v) is 5.57. The predicted molar refractivity (Wildman–Crippen MR) is 106 cm³/mol. The maximum Gasteiger partial charge on any atom is 0.243 e. The second-order valence-corrected chi connectivity index (χ2v) is 7.91. The molecule has 5 nitrogen and oxygen atoms in total. The van der Waals surface area contributed by atoms with Crippen LogP contribution in [0.3, 0.4) is 0 Å². The molecule has 0 aliphatic rings. The molecule has 2 aromatic heterocycles. The van der Waals surface area contributed by atoms with Gasteiger partial charge >= 0.3 is 0 Å². The first kappa shape index (κ1) is 18.0. The van der Waals surface area contributed by atoms with Gasteiger partial charge in [0.05, 0.1) is 10.9 Å². The van der Waals surface area contributed by atoms with E-state index in [-0.39, 0.29) is 11.9 Å². The van der Waals surface area contributed by atoms with Crippen molar-refractivity contribution in [3.05, 3.63) is 56.6 Å². The Morgan fingerprint density at radius 3 is 2.84 bits per heavy atom. The van der Waals surface area contributed by atoms with Crippen molar-refractivity contribution in [3.63, 3.8) is 0 Å². The number of carbonyl (C=O) groups excluding carboxylic acids is 1. The van der Waals surface area contributed by atoms with Crippen LogP contribution in [-0.4, -0.2) is 20.7 Å². The largest absolute Gasteiger partial charge is 0.348 e. The molecule has 1 aromatic carbocycles. The molecule has 2 N–H and O–H groups in total. The molecule has 0 unspecified atom stereocenters. The minimum absolute atomic E-state index is 0.109. The van der Waals surface area contributed by atoms with Gasteiger partial charge in [-0.15, -0.1) is 11.3 Å². The molecule has 0 aliphatic carbocycles. The number of benzene rings is 1. The van der Waals surface area contributed by atoms with Gasteiger partial charge in [0.2, 0.25) is 5.91 Å². The molecule has 130 valence electrons. The predicted octanol–water partition coefficient (Wildman–Crippen LogP) is 4.87. The molecule has 0 spiro atoms. The SMILES string of the molecule is C[C@@H](NC(=O)[C@H](C)n1c(-c2cccs2)n[nH]c1=S)c1cccc(Br)c1. The molecular formula is C17H17BrN4OS2. The molecule has 0 saturated heterocycles. The first-order valence-electron chi connectivity index (χ1n) is 7.74. The van der Waals surface area contributed by atoms with Crippen molar-refractivity contribution in [1.82, 2.24) is 20.1 Å². The summed E-state index contributed by atoms with van der Waals surface area (Å²) in [5.41, 5.74) is 1.03. The molecule has 0 bridgehead atoms. The van der Waals surface area contributed by atoms with Gasteiger partial charge in [-0.25, -0.2) is 0 Å². The van der Waals surface area contributed by atoms with E-state index >= 15 is 0 Å². The quantitative estimate of drug-likeness (QED) is 0.560. The van der Waals surface area contributed by atoms with Crippen molar-refractivity contribution >= 4 is 45.4 Å². The number of H-pyrrole nitrogens is 1. The minimum atomic E-state index is -0.474. The number of nitrogens with zero attached hydrogens (tertiary/aromatic N) is 2. The van der Waals surface area contributed by atoms with E-state index in [1.807, 2.05) is 55.6 Å². The van der Waals surface area contributed by atoms with Crippen LogP contribution < -0.4 is 5.32 Å². The third kappa shape index (κ3) is 3.91. The minimum Gasteiger partial charge on any atom is -0.348 e. The maximum absolute atomic E-state index is 12.8. The number of halogens is 1. The van der Waals surface area contributed by atoms with Crippen LogP contribution in [-0.2, 0) is 4.79 Å². The third-order valence-electron chi connectivity index (χ3n) is 3.92. The van der Waals surface area contributed by atoms with Gasteiger partial charge in [0.15, 0.2) is 10.6 Å². The van der Waals surface area contributed by atoms with Crippen molar-refractivity contribution in [2.45, 2.75) is 25.9 Å². The molecule has 3 rings (SSSR count). The second kappa shape index (κ2) is 7.63. The molecule has 2 heterocycles. The number of carbonyl (C=O) groups is 1. The van der Waals surface area contributed by atoms with Crippen LogP contribution in [0.4, 0.5) is 0 Å². The zero-order valence-electron chi connectivity index (χ0n) is 13.7. The van der Waals surface area contributed by atoms with Crippen LogP contribution in [0.2, 0.25) is 0 Å². The fourth-order valence-electron chi connectivity index (χ4n) is 2.55. The van der Waals surface area contributed by atoms with Gasteiger partial charge in [-0.3, -0.25) is 14.5 Å². The number of thiophene rings is 1. The summed E-state index contributed by atoms with van der Waals surface area (Å²) >= 11 is 10.3. The lowest BCUT2D eigenvalue weighted by Crippen LogP contribution is -2.33. The van der Waals surface area contributed by atoms with Crippen molar-refractivity contribution < 1.29 is 4.79 Å². The molecule has 1 amide bonds. The summed E-state index contributed by atoms with van der Waals surface area (Å²) in [5.74, 6) is 0.570. The molecule has 8 heteroatoms. The molecule has 3 aromatic rings. The fraction of sp³-hybridized carbons (Fsp3) is 0.235. The van der Waals surface area contributed by atoms with E-state index in [1.165, 1.54) is 0 Å². The van der Waals surface area contributed by atoms with Crippen LogP contribution in [0.25, 0.3) is 10.7 Å². The Morgan fingerprint density at radius 1 is 1.36 bits per heavy atom. The number of aromatic nitrogens is 3. The standard InChI is InChI=1S/C17H17BrN4OS2/c1-10(12-5-3-6-13(18)9-12)19-16(23)11(2)22-15(20-21-17(22)24)14-7-4-8-25-14/h3-11H,1-2H3,(H,19,23)(H,21,24)/t10-,11+/m1/s1. The van der Waals surface area contributed by atoms with E-state index in [0.717, 1.165) is 14.9 Å². The zero-order valence-corrected chi connectivity index (χ0v) is 16.9. The van der Waals surface area contributed by atoms with Crippen LogP contribution in [0.15, 0.2) is 46.3 Å². The van der Waals surface area contributed by atoms with E-state index in [2.05, 4.69) is 31.4 Å². The highest BCUT2D eigenvalue weighted by atomic mass is 79.9. The smallest absolute Gasteiger partial charge is 0.243 e. The molecule has 25 heavy (non-hydrogen) atoms. The van der Waals surface area contributed by atoms with Crippen LogP contribution in [0, 0.1) is 4.77 Å². The molecule has 0 aliphatic heterocycles. The maximum atomic E-state index is 12.8.